The lowest BCUT2D eigenvalue weighted by atomic mass is 10.1. The topological polar surface area (TPSA) is 93.8 Å². The van der Waals surface area contributed by atoms with Crippen molar-refractivity contribution in [1.82, 2.24) is 5.32 Å². The van der Waals surface area contributed by atoms with Crippen LogP contribution in [0.2, 0.25) is 10.0 Å². The number of nitrogens with one attached hydrogen (secondary N) is 1. The molecule has 1 heterocycles. The number of nitro benzene ring substituents is 1. The Labute approximate surface area is 187 Å². The number of carbonyl (C=O) groups excluding carboxylic acids is 1. The van der Waals surface area contributed by atoms with Crippen LogP contribution in [0, 0.1) is 13.7 Å². The van der Waals surface area contributed by atoms with Gasteiger partial charge in [-0.3, -0.25) is 14.9 Å². The van der Waals surface area contributed by atoms with Gasteiger partial charge in [-0.1, -0.05) is 29.3 Å². The molecule has 1 saturated heterocycles. The standard InChI is InChI=1S/C17H10Cl2IN3O4S/c1-27-15-10(20)5-8(6-12(15)23(25)26)7-13-16(24)22-17(28-13)21-11-4-2-3-9(18)14(11)19/h2-7H,1H3,(H,21,22,24)/b13-7-. The fraction of sp³-hybridized carbons (Fsp3) is 0.0588. The van der Waals surface area contributed by atoms with Crippen LogP contribution < -0.4 is 10.1 Å². The van der Waals surface area contributed by atoms with E-state index in [9.17, 15) is 14.9 Å². The normalized spacial score (nSPS) is 16.5. The van der Waals surface area contributed by atoms with E-state index in [-0.39, 0.29) is 22.4 Å². The van der Waals surface area contributed by atoms with Crippen molar-refractivity contribution in [2.75, 3.05) is 7.11 Å². The molecule has 0 aliphatic carbocycles. The highest BCUT2D eigenvalue weighted by Crippen LogP contribution is 2.37. The zero-order chi connectivity index (χ0) is 20.4. The molecule has 0 aromatic heterocycles. The minimum atomic E-state index is -0.529. The molecular formula is C17H10Cl2IN3O4S. The van der Waals surface area contributed by atoms with Crippen molar-refractivity contribution in [3.8, 4) is 5.75 Å². The van der Waals surface area contributed by atoms with E-state index in [1.54, 1.807) is 30.3 Å². The summed E-state index contributed by atoms with van der Waals surface area (Å²) in [5.74, 6) is -0.190. The molecule has 1 aliphatic rings. The number of ether oxygens (including phenoxy) is 1. The summed E-state index contributed by atoms with van der Waals surface area (Å²) in [6, 6.07) is 8.05. The van der Waals surface area contributed by atoms with Gasteiger partial charge in [0, 0.05) is 6.07 Å². The van der Waals surface area contributed by atoms with Crippen LogP contribution in [0.1, 0.15) is 5.56 Å². The number of nitro groups is 1. The van der Waals surface area contributed by atoms with Gasteiger partial charge in [0.05, 0.1) is 36.2 Å². The van der Waals surface area contributed by atoms with Gasteiger partial charge in [-0.25, -0.2) is 4.99 Å². The molecule has 28 heavy (non-hydrogen) atoms. The lowest BCUT2D eigenvalue weighted by Crippen LogP contribution is -2.19. The highest BCUT2D eigenvalue weighted by Gasteiger charge is 2.25. The fourth-order valence-corrected chi connectivity index (χ4v) is 4.37. The van der Waals surface area contributed by atoms with Gasteiger partial charge in [-0.05, 0) is 64.2 Å². The second-order valence-electron chi connectivity index (χ2n) is 5.37. The van der Waals surface area contributed by atoms with Crippen LogP contribution in [0.25, 0.3) is 6.08 Å². The Morgan fingerprint density at radius 2 is 2.11 bits per heavy atom. The molecule has 0 atom stereocenters. The molecule has 3 rings (SSSR count). The minimum absolute atomic E-state index is 0.175. The maximum atomic E-state index is 12.3. The molecule has 1 fully saturated rings. The number of amides is 1. The Morgan fingerprint density at radius 1 is 1.36 bits per heavy atom. The summed E-state index contributed by atoms with van der Waals surface area (Å²) in [5, 5.41) is 14.9. The van der Waals surface area contributed by atoms with Crippen LogP contribution in [0.5, 0.6) is 5.75 Å². The molecule has 0 bridgehead atoms. The zero-order valence-corrected chi connectivity index (χ0v) is 18.5. The van der Waals surface area contributed by atoms with Crippen LogP contribution in [-0.4, -0.2) is 23.1 Å². The number of amidine groups is 1. The van der Waals surface area contributed by atoms with E-state index in [0.29, 0.717) is 29.9 Å². The largest absolute Gasteiger partial charge is 0.489 e. The predicted molar refractivity (Wildman–Crippen MR) is 120 cm³/mol. The molecule has 7 nitrogen and oxygen atoms in total. The Hall–Kier alpha value is -1.82. The summed E-state index contributed by atoms with van der Waals surface area (Å²) in [6.07, 6.45) is 1.55. The van der Waals surface area contributed by atoms with Gasteiger partial charge >= 0.3 is 5.69 Å². The number of nitrogens with zero attached hydrogens (tertiary/aromatic N) is 2. The maximum Gasteiger partial charge on any atom is 0.312 e. The highest BCUT2D eigenvalue weighted by molar-refractivity contribution is 14.1. The Morgan fingerprint density at radius 3 is 2.79 bits per heavy atom. The van der Waals surface area contributed by atoms with E-state index in [1.807, 2.05) is 22.6 Å². The van der Waals surface area contributed by atoms with Crippen LogP contribution in [0.3, 0.4) is 0 Å². The Bertz CT molecular complexity index is 1060. The monoisotopic (exact) mass is 549 g/mol. The molecule has 1 amide bonds. The highest BCUT2D eigenvalue weighted by atomic mass is 127. The van der Waals surface area contributed by atoms with Gasteiger partial charge in [0.25, 0.3) is 5.91 Å². The number of hydrogen-bond acceptors (Lipinski definition) is 6. The average Bonchev–Trinajstić information content (AvgIpc) is 2.97. The average molecular weight is 550 g/mol. The molecule has 0 spiro atoms. The predicted octanol–water partition coefficient (Wildman–Crippen LogP) is 5.41. The third-order valence-corrected chi connectivity index (χ3v) is 6.07. The number of benzene rings is 2. The number of methoxy groups -OCH3 is 1. The summed E-state index contributed by atoms with van der Waals surface area (Å²) in [4.78, 5) is 27.7. The maximum absolute atomic E-state index is 12.3. The number of halogens is 3. The molecule has 1 aliphatic heterocycles. The summed E-state index contributed by atoms with van der Waals surface area (Å²) in [6.45, 7) is 0. The van der Waals surface area contributed by atoms with Crippen LogP contribution in [0.15, 0.2) is 40.2 Å². The van der Waals surface area contributed by atoms with Gasteiger partial charge in [0.1, 0.15) is 0 Å². The minimum Gasteiger partial charge on any atom is -0.489 e. The first-order valence-electron chi connectivity index (χ1n) is 7.55. The lowest BCUT2D eigenvalue weighted by Gasteiger charge is -2.05. The fourth-order valence-electron chi connectivity index (χ4n) is 2.34. The molecule has 0 radical (unpaired) electrons. The van der Waals surface area contributed by atoms with Crippen LogP contribution in [-0.2, 0) is 4.79 Å². The Kier molecular flexibility index (Phi) is 6.48. The molecule has 1 N–H and O–H groups in total. The Balaban J connectivity index is 1.94. The van der Waals surface area contributed by atoms with Crippen LogP contribution >= 0.6 is 57.6 Å². The van der Waals surface area contributed by atoms with Gasteiger partial charge in [0.2, 0.25) is 5.75 Å². The van der Waals surface area contributed by atoms with Gasteiger partial charge in [0.15, 0.2) is 5.17 Å². The number of rotatable bonds is 4. The molecule has 0 unspecified atom stereocenters. The van der Waals surface area contributed by atoms with E-state index in [2.05, 4.69) is 10.3 Å². The van der Waals surface area contributed by atoms with E-state index in [1.165, 1.54) is 13.2 Å². The first kappa shape index (κ1) is 20.9. The van der Waals surface area contributed by atoms with Crippen molar-refractivity contribution in [3.63, 3.8) is 0 Å². The number of hydrogen-bond donors (Lipinski definition) is 1. The molecule has 144 valence electrons. The van der Waals surface area contributed by atoms with Crippen molar-refractivity contribution in [3.05, 3.63) is 64.5 Å². The smallest absolute Gasteiger partial charge is 0.312 e. The van der Waals surface area contributed by atoms with Gasteiger partial charge in [-0.15, -0.1) is 0 Å². The van der Waals surface area contributed by atoms with Gasteiger partial charge < -0.3 is 10.1 Å². The van der Waals surface area contributed by atoms with E-state index in [0.717, 1.165) is 11.8 Å². The van der Waals surface area contributed by atoms with E-state index in [4.69, 9.17) is 27.9 Å². The van der Waals surface area contributed by atoms with Crippen LogP contribution in [0.4, 0.5) is 11.4 Å². The first-order valence-corrected chi connectivity index (χ1v) is 10.2. The molecule has 11 heteroatoms. The third kappa shape index (κ3) is 4.43. The van der Waals surface area contributed by atoms with E-state index >= 15 is 0 Å². The summed E-state index contributed by atoms with van der Waals surface area (Å²) >= 11 is 15.1. The molecule has 2 aromatic rings. The van der Waals surface area contributed by atoms with Crippen molar-refractivity contribution in [2.24, 2.45) is 4.99 Å². The SMILES string of the molecule is COc1c(I)cc(/C=C2\SC(=Nc3cccc(Cl)c3Cl)NC2=O)cc1[N+](=O)[O-]. The van der Waals surface area contributed by atoms with Crippen molar-refractivity contribution in [1.29, 1.82) is 0 Å². The third-order valence-electron chi connectivity index (χ3n) is 3.55. The van der Waals surface area contributed by atoms with Gasteiger partial charge in [-0.2, -0.15) is 0 Å². The van der Waals surface area contributed by atoms with Crippen molar-refractivity contribution >= 4 is 86.1 Å². The number of thioether (sulfide) groups is 1. The van der Waals surface area contributed by atoms with Crippen molar-refractivity contribution in [2.45, 2.75) is 0 Å². The molecule has 0 saturated carbocycles. The van der Waals surface area contributed by atoms with E-state index < -0.39 is 4.92 Å². The second-order valence-corrected chi connectivity index (χ2v) is 8.34. The lowest BCUT2D eigenvalue weighted by molar-refractivity contribution is -0.385. The summed E-state index contributed by atoms with van der Waals surface area (Å²) < 4.78 is 5.65. The van der Waals surface area contributed by atoms with Crippen molar-refractivity contribution < 1.29 is 14.5 Å². The summed E-state index contributed by atoms with van der Waals surface area (Å²) in [5.41, 5.74) is 0.744. The zero-order valence-electron chi connectivity index (χ0n) is 14.0. The molecule has 2 aromatic carbocycles. The first-order chi connectivity index (χ1) is 13.3. The number of aliphatic imine (C=N–C) groups is 1. The summed E-state index contributed by atoms with van der Waals surface area (Å²) in [7, 11) is 1.37. The number of carbonyl (C=O) groups is 1. The molecular weight excluding hydrogens is 540 g/mol. The second kappa shape index (κ2) is 8.68. The quantitative estimate of drug-likeness (QED) is 0.238.